The summed E-state index contributed by atoms with van der Waals surface area (Å²) in [5, 5.41) is 0. The maximum Gasteiger partial charge on any atom is 0.0482 e. The second-order valence-corrected chi connectivity index (χ2v) is 9.33. The van der Waals surface area contributed by atoms with Gasteiger partial charge in [0.25, 0.3) is 0 Å². The quantitative estimate of drug-likeness (QED) is 0.248. The van der Waals surface area contributed by atoms with Crippen molar-refractivity contribution in [3.63, 3.8) is 0 Å². The summed E-state index contributed by atoms with van der Waals surface area (Å²) in [4.78, 5) is 0. The Morgan fingerprint density at radius 1 is 0.455 bits per heavy atom. The highest BCUT2D eigenvalue weighted by atomic mass is 15.0. The third-order valence-corrected chi connectivity index (χ3v) is 6.76. The molecule has 0 aliphatic heterocycles. The molecule has 0 amide bonds. The molecule has 0 radical (unpaired) electrons. The number of nitrogens with zero attached hydrogens (tertiary/aromatic N) is 3. The van der Waals surface area contributed by atoms with Crippen LogP contribution in [0.5, 0.6) is 0 Å². The van der Waals surface area contributed by atoms with Gasteiger partial charge in [0.15, 0.2) is 0 Å². The van der Waals surface area contributed by atoms with E-state index in [1.807, 2.05) is 0 Å². The van der Waals surface area contributed by atoms with Crippen LogP contribution in [0.25, 0.3) is 33.8 Å². The molecule has 0 fully saturated rings. The van der Waals surface area contributed by atoms with Crippen LogP contribution in [0.2, 0.25) is 0 Å². The topological polar surface area (TPSA) is 14.8 Å². The molecular weight excluding hydrogens is 402 g/mol. The molecule has 3 heteroatoms. The third kappa shape index (κ3) is 4.46. The lowest BCUT2D eigenvalue weighted by atomic mass is 9.99. The molecule has 0 unspecified atom stereocenters. The highest BCUT2D eigenvalue weighted by Crippen LogP contribution is 2.35. The standard InChI is InChI=1S/C30H39N3/c1-7-16-31-22(4)10-13-28(31)25-19-26(29-14-11-23(5)32(29)17-8-2)21-27(20-25)30-15-12-24(6)33(30)18-9-3/h10-15,19-21H,7-9,16-18H2,1-6H3. The van der Waals surface area contributed by atoms with Gasteiger partial charge in [0.05, 0.1) is 0 Å². The van der Waals surface area contributed by atoms with Gasteiger partial charge in [0.1, 0.15) is 0 Å². The van der Waals surface area contributed by atoms with Crippen molar-refractivity contribution >= 4 is 0 Å². The van der Waals surface area contributed by atoms with Gasteiger partial charge in [-0.3, -0.25) is 0 Å². The first kappa shape index (κ1) is 23.2. The van der Waals surface area contributed by atoms with Crippen molar-refractivity contribution in [2.24, 2.45) is 0 Å². The Morgan fingerprint density at radius 3 is 0.970 bits per heavy atom. The summed E-state index contributed by atoms with van der Waals surface area (Å²) in [6, 6.07) is 20.8. The molecule has 0 saturated carbocycles. The van der Waals surface area contributed by atoms with Crippen molar-refractivity contribution in [2.45, 2.75) is 80.4 Å². The molecule has 3 heterocycles. The van der Waals surface area contributed by atoms with E-state index in [-0.39, 0.29) is 0 Å². The lowest BCUT2D eigenvalue weighted by molar-refractivity contribution is 0.669. The SMILES string of the molecule is CCCn1c(C)ccc1-c1cc(-c2ccc(C)n2CCC)cc(-c2ccc(C)n2CCC)c1. The molecule has 3 aromatic heterocycles. The van der Waals surface area contributed by atoms with Crippen LogP contribution < -0.4 is 0 Å². The number of hydrogen-bond donors (Lipinski definition) is 0. The fourth-order valence-corrected chi connectivity index (χ4v) is 5.10. The summed E-state index contributed by atoms with van der Waals surface area (Å²) in [7, 11) is 0. The molecule has 0 aliphatic carbocycles. The lowest BCUT2D eigenvalue weighted by Gasteiger charge is -2.17. The van der Waals surface area contributed by atoms with Crippen LogP contribution in [-0.4, -0.2) is 13.7 Å². The zero-order chi connectivity index (χ0) is 23.5. The second kappa shape index (κ2) is 9.91. The van der Waals surface area contributed by atoms with Gasteiger partial charge >= 0.3 is 0 Å². The van der Waals surface area contributed by atoms with Crippen LogP contribution in [0.3, 0.4) is 0 Å². The second-order valence-electron chi connectivity index (χ2n) is 9.33. The van der Waals surface area contributed by atoms with Crippen molar-refractivity contribution in [3.05, 3.63) is 71.7 Å². The predicted molar refractivity (Wildman–Crippen MR) is 142 cm³/mol. The molecule has 174 valence electrons. The van der Waals surface area contributed by atoms with E-state index >= 15 is 0 Å². The maximum atomic E-state index is 2.47. The van der Waals surface area contributed by atoms with Crippen LogP contribution in [0.4, 0.5) is 0 Å². The van der Waals surface area contributed by atoms with Gasteiger partial charge in [-0.15, -0.1) is 0 Å². The van der Waals surface area contributed by atoms with E-state index in [4.69, 9.17) is 0 Å². The zero-order valence-electron chi connectivity index (χ0n) is 21.3. The van der Waals surface area contributed by atoms with Crippen molar-refractivity contribution < 1.29 is 0 Å². The molecule has 0 atom stereocenters. The van der Waals surface area contributed by atoms with E-state index < -0.39 is 0 Å². The van der Waals surface area contributed by atoms with Crippen molar-refractivity contribution in [3.8, 4) is 33.8 Å². The molecular formula is C30H39N3. The average molecular weight is 442 g/mol. The predicted octanol–water partition coefficient (Wildman–Crippen LogP) is 8.25. The summed E-state index contributed by atoms with van der Waals surface area (Å²) >= 11 is 0. The molecule has 0 aliphatic rings. The monoisotopic (exact) mass is 441 g/mol. The fourth-order valence-electron chi connectivity index (χ4n) is 5.10. The minimum Gasteiger partial charge on any atom is -0.345 e. The van der Waals surface area contributed by atoms with Crippen LogP contribution in [0.15, 0.2) is 54.6 Å². The van der Waals surface area contributed by atoms with Gasteiger partial charge in [-0.05, 0) is 111 Å². The Bertz CT molecular complexity index is 1070. The molecule has 33 heavy (non-hydrogen) atoms. The Labute approximate surface area is 199 Å². The van der Waals surface area contributed by atoms with Crippen LogP contribution >= 0.6 is 0 Å². The van der Waals surface area contributed by atoms with Gasteiger partial charge in [-0.25, -0.2) is 0 Å². The molecule has 3 nitrogen and oxygen atoms in total. The van der Waals surface area contributed by atoms with E-state index in [1.165, 1.54) is 50.9 Å². The summed E-state index contributed by atoms with van der Waals surface area (Å²) in [5.74, 6) is 0. The van der Waals surface area contributed by atoms with E-state index in [2.05, 4.69) is 110 Å². The summed E-state index contributed by atoms with van der Waals surface area (Å²) < 4.78 is 7.40. The molecule has 4 rings (SSSR count). The average Bonchev–Trinajstić information content (AvgIpc) is 3.47. The van der Waals surface area contributed by atoms with Gasteiger partial charge in [0.2, 0.25) is 0 Å². The van der Waals surface area contributed by atoms with Gasteiger partial charge in [0, 0.05) is 53.8 Å². The number of aromatic nitrogens is 3. The van der Waals surface area contributed by atoms with Crippen molar-refractivity contribution in [1.82, 2.24) is 13.7 Å². The van der Waals surface area contributed by atoms with Gasteiger partial charge in [-0.1, -0.05) is 20.8 Å². The smallest absolute Gasteiger partial charge is 0.0482 e. The van der Waals surface area contributed by atoms with Crippen LogP contribution in [0.1, 0.15) is 57.1 Å². The Morgan fingerprint density at radius 2 is 0.727 bits per heavy atom. The minimum absolute atomic E-state index is 1.05. The van der Waals surface area contributed by atoms with E-state index in [0.717, 1.165) is 38.9 Å². The Hall–Kier alpha value is -2.94. The number of rotatable bonds is 9. The maximum absolute atomic E-state index is 2.47. The first-order valence-electron chi connectivity index (χ1n) is 12.6. The number of aryl methyl sites for hydroxylation is 3. The summed E-state index contributed by atoms with van der Waals surface area (Å²) in [6.07, 6.45) is 3.39. The number of benzene rings is 1. The molecule has 1 aromatic carbocycles. The summed E-state index contributed by atoms with van der Waals surface area (Å²) in [5.41, 5.74) is 11.8. The van der Waals surface area contributed by atoms with Gasteiger partial charge in [-0.2, -0.15) is 0 Å². The van der Waals surface area contributed by atoms with E-state index in [0.29, 0.717) is 0 Å². The largest absolute Gasteiger partial charge is 0.345 e. The first-order chi connectivity index (χ1) is 16.0. The van der Waals surface area contributed by atoms with Crippen molar-refractivity contribution in [1.29, 1.82) is 0 Å². The number of hydrogen-bond acceptors (Lipinski definition) is 0. The fraction of sp³-hybridized carbons (Fsp3) is 0.400. The molecule has 0 bridgehead atoms. The molecule has 4 aromatic rings. The molecule has 0 spiro atoms. The highest BCUT2D eigenvalue weighted by molar-refractivity contribution is 5.79. The third-order valence-electron chi connectivity index (χ3n) is 6.76. The molecule has 0 saturated heterocycles. The van der Waals surface area contributed by atoms with Gasteiger partial charge < -0.3 is 13.7 Å². The summed E-state index contributed by atoms with van der Waals surface area (Å²) in [6.45, 7) is 16.6. The first-order valence-corrected chi connectivity index (χ1v) is 12.6. The zero-order valence-corrected chi connectivity index (χ0v) is 21.3. The molecule has 0 N–H and O–H groups in total. The van der Waals surface area contributed by atoms with E-state index in [9.17, 15) is 0 Å². The minimum atomic E-state index is 1.05. The van der Waals surface area contributed by atoms with Crippen LogP contribution in [0, 0.1) is 20.8 Å². The van der Waals surface area contributed by atoms with E-state index in [1.54, 1.807) is 0 Å². The lowest BCUT2D eigenvalue weighted by Crippen LogP contribution is -2.04. The Kier molecular flexibility index (Phi) is 6.97. The normalized spacial score (nSPS) is 11.5. The Balaban J connectivity index is 1.96. The van der Waals surface area contributed by atoms with Crippen molar-refractivity contribution in [2.75, 3.05) is 0 Å². The highest BCUT2D eigenvalue weighted by Gasteiger charge is 2.16. The van der Waals surface area contributed by atoms with Crippen LogP contribution in [-0.2, 0) is 19.6 Å².